The van der Waals surface area contributed by atoms with Crippen molar-refractivity contribution in [3.63, 3.8) is 0 Å². The molecule has 1 aromatic rings. The van der Waals surface area contributed by atoms with Gasteiger partial charge in [-0.3, -0.25) is 9.59 Å². The highest BCUT2D eigenvalue weighted by Gasteiger charge is 2.46. The summed E-state index contributed by atoms with van der Waals surface area (Å²) in [5, 5.41) is 6.76. The molecule has 2 atom stereocenters. The van der Waals surface area contributed by atoms with Crippen LogP contribution < -0.4 is 16.4 Å². The van der Waals surface area contributed by atoms with Gasteiger partial charge in [-0.05, 0) is 54.5 Å². The highest BCUT2D eigenvalue weighted by Crippen LogP contribution is 2.44. The van der Waals surface area contributed by atoms with Crippen LogP contribution >= 0.6 is 0 Å². The summed E-state index contributed by atoms with van der Waals surface area (Å²) in [6, 6.07) is 5.95. The molecule has 0 spiro atoms. The Morgan fingerprint density at radius 3 is 2.42 bits per heavy atom. The van der Waals surface area contributed by atoms with Crippen LogP contribution in [-0.2, 0) is 21.4 Å². The van der Waals surface area contributed by atoms with Gasteiger partial charge in [-0.15, -0.1) is 0 Å². The van der Waals surface area contributed by atoms with Crippen LogP contribution in [0.15, 0.2) is 18.2 Å². The fourth-order valence-electron chi connectivity index (χ4n) is 4.96. The van der Waals surface area contributed by atoms with Crippen molar-refractivity contribution in [2.75, 3.05) is 20.2 Å². The van der Waals surface area contributed by atoms with Gasteiger partial charge in [-0.25, -0.2) is 0 Å². The molecule has 0 aromatic heterocycles. The Hall–Kier alpha value is -1.92. The second kappa shape index (κ2) is 10.6. The first-order valence-corrected chi connectivity index (χ1v) is 11.5. The fraction of sp³-hybridized carbons (Fsp3) is 0.680. The topological polar surface area (TPSA) is 93.5 Å². The second-order valence-corrected chi connectivity index (χ2v) is 9.95. The van der Waals surface area contributed by atoms with E-state index in [2.05, 4.69) is 45.3 Å². The number of carbonyl (C=O) groups is 2. The zero-order chi connectivity index (χ0) is 23.2. The molecular weight excluding hydrogens is 390 g/mol. The lowest BCUT2D eigenvalue weighted by molar-refractivity contribution is -0.122. The lowest BCUT2D eigenvalue weighted by Crippen LogP contribution is -2.59. The molecule has 174 valence electrons. The van der Waals surface area contributed by atoms with Crippen LogP contribution in [0.5, 0.6) is 0 Å². The first-order valence-electron chi connectivity index (χ1n) is 11.5. The first-order chi connectivity index (χ1) is 14.6. The molecule has 6 nitrogen and oxygen atoms in total. The number of amides is 2. The molecule has 1 aliphatic carbocycles. The van der Waals surface area contributed by atoms with Crippen LogP contribution in [0.1, 0.15) is 81.8 Å². The third-order valence-corrected chi connectivity index (χ3v) is 6.61. The maximum atomic E-state index is 12.1. The molecule has 0 fully saturated rings. The molecule has 0 saturated heterocycles. The van der Waals surface area contributed by atoms with Crippen LogP contribution in [0.4, 0.5) is 0 Å². The molecule has 4 N–H and O–H groups in total. The Morgan fingerprint density at radius 1 is 1.19 bits per heavy atom. The first kappa shape index (κ1) is 25.3. The fourth-order valence-corrected chi connectivity index (χ4v) is 4.96. The summed E-state index contributed by atoms with van der Waals surface area (Å²) < 4.78 is 5.92. The number of carbonyl (C=O) groups excluding carboxylic acids is 2. The van der Waals surface area contributed by atoms with Gasteiger partial charge in [0, 0.05) is 43.5 Å². The van der Waals surface area contributed by atoms with Crippen molar-refractivity contribution in [1.82, 2.24) is 10.6 Å². The molecule has 1 aliphatic rings. The summed E-state index contributed by atoms with van der Waals surface area (Å²) >= 11 is 0. The van der Waals surface area contributed by atoms with Gasteiger partial charge < -0.3 is 21.1 Å². The van der Waals surface area contributed by atoms with Crippen LogP contribution in [-0.4, -0.2) is 44.2 Å². The Labute approximate surface area is 187 Å². The van der Waals surface area contributed by atoms with E-state index in [0.29, 0.717) is 18.5 Å². The number of ether oxygens (including phenoxy) is 1. The van der Waals surface area contributed by atoms with Crippen molar-refractivity contribution in [3.8, 4) is 0 Å². The minimum Gasteiger partial charge on any atom is -0.379 e. The number of hydrogen-bond donors (Lipinski definition) is 3. The molecule has 0 heterocycles. The highest BCUT2D eigenvalue weighted by molar-refractivity contribution is 5.93. The molecule has 0 bridgehead atoms. The van der Waals surface area contributed by atoms with Crippen molar-refractivity contribution in [3.05, 3.63) is 34.9 Å². The number of rotatable bonds is 10. The average Bonchev–Trinajstić information content (AvgIpc) is 2.71. The summed E-state index contributed by atoms with van der Waals surface area (Å²) in [6.45, 7) is 12.0. The molecular formula is C25H41N3O3. The lowest BCUT2D eigenvalue weighted by atomic mass is 9.62. The Balaban J connectivity index is 2.13. The van der Waals surface area contributed by atoms with Crippen LogP contribution in [0.3, 0.4) is 0 Å². The predicted octanol–water partition coefficient (Wildman–Crippen LogP) is 3.32. The third kappa shape index (κ3) is 6.07. The zero-order valence-electron chi connectivity index (χ0n) is 20.1. The molecule has 2 amide bonds. The standard InChI is InChI=1S/C25H41N3O3/c1-7-25(8-2)19-14-18(23(26)30)11-10-17(19)15-20(31-6)22(25)28-13-9-12-27-21(29)16-24(3,4)5/h10-11,14,20,22,28H,7-9,12-13,15-16H2,1-6H3,(H2,26,30)(H,27,29)/t20-,22+/m0/s1. The molecule has 2 rings (SSSR count). The minimum atomic E-state index is -0.395. The number of primary amides is 1. The van der Waals surface area contributed by atoms with Crippen molar-refractivity contribution in [2.24, 2.45) is 11.1 Å². The summed E-state index contributed by atoms with van der Waals surface area (Å²) in [6.07, 6.45) is 4.08. The molecule has 1 aromatic carbocycles. The van der Waals surface area contributed by atoms with Crippen molar-refractivity contribution in [2.45, 2.75) is 84.3 Å². The predicted molar refractivity (Wildman–Crippen MR) is 125 cm³/mol. The van der Waals surface area contributed by atoms with Gasteiger partial charge in [0.25, 0.3) is 0 Å². The maximum Gasteiger partial charge on any atom is 0.248 e. The molecule has 6 heteroatoms. The monoisotopic (exact) mass is 431 g/mol. The number of benzene rings is 1. The van der Waals surface area contributed by atoms with E-state index in [0.717, 1.165) is 32.2 Å². The number of nitrogens with two attached hydrogens (primary N) is 1. The van der Waals surface area contributed by atoms with Gasteiger partial charge in [0.05, 0.1) is 6.10 Å². The maximum absolute atomic E-state index is 12.1. The lowest BCUT2D eigenvalue weighted by Gasteiger charge is -2.49. The van der Waals surface area contributed by atoms with Crippen molar-refractivity contribution in [1.29, 1.82) is 0 Å². The Bertz CT molecular complexity index is 766. The highest BCUT2D eigenvalue weighted by atomic mass is 16.5. The summed E-state index contributed by atoms with van der Waals surface area (Å²) in [4.78, 5) is 23.9. The summed E-state index contributed by atoms with van der Waals surface area (Å²) in [5.74, 6) is -0.294. The largest absolute Gasteiger partial charge is 0.379 e. The Kier molecular flexibility index (Phi) is 8.66. The molecule has 31 heavy (non-hydrogen) atoms. The van der Waals surface area contributed by atoms with Gasteiger partial charge in [0.2, 0.25) is 11.8 Å². The number of hydrogen-bond acceptors (Lipinski definition) is 4. The van der Waals surface area contributed by atoms with Crippen LogP contribution in [0.2, 0.25) is 0 Å². The molecule has 0 saturated carbocycles. The average molecular weight is 432 g/mol. The third-order valence-electron chi connectivity index (χ3n) is 6.61. The second-order valence-electron chi connectivity index (χ2n) is 9.95. The van der Waals surface area contributed by atoms with Gasteiger partial charge in [0.15, 0.2) is 0 Å². The summed E-state index contributed by atoms with van der Waals surface area (Å²) in [5.41, 5.74) is 8.41. The normalized spacial score (nSPS) is 20.2. The van der Waals surface area contributed by atoms with Crippen LogP contribution in [0, 0.1) is 5.41 Å². The number of methoxy groups -OCH3 is 1. The van der Waals surface area contributed by atoms with E-state index in [-0.39, 0.29) is 28.9 Å². The van der Waals surface area contributed by atoms with Crippen LogP contribution in [0.25, 0.3) is 0 Å². The van der Waals surface area contributed by atoms with Gasteiger partial charge >= 0.3 is 0 Å². The van der Waals surface area contributed by atoms with Crippen molar-refractivity contribution < 1.29 is 14.3 Å². The van der Waals surface area contributed by atoms with E-state index in [1.165, 1.54) is 11.1 Å². The van der Waals surface area contributed by atoms with E-state index in [1.807, 2.05) is 18.2 Å². The SMILES string of the molecule is CCC1(CC)c2cc(C(N)=O)ccc2C[C@H](OC)[C@H]1NCCCNC(=O)CC(C)(C)C. The smallest absolute Gasteiger partial charge is 0.248 e. The quantitative estimate of drug-likeness (QED) is 0.496. The number of fused-ring (bicyclic) bond motifs is 1. The van der Waals surface area contributed by atoms with E-state index in [4.69, 9.17) is 10.5 Å². The molecule has 0 unspecified atom stereocenters. The van der Waals surface area contributed by atoms with Crippen molar-refractivity contribution >= 4 is 11.8 Å². The zero-order valence-corrected chi connectivity index (χ0v) is 20.1. The molecule has 0 radical (unpaired) electrons. The molecule has 0 aliphatic heterocycles. The summed E-state index contributed by atoms with van der Waals surface area (Å²) in [7, 11) is 1.77. The van der Waals surface area contributed by atoms with E-state index in [9.17, 15) is 9.59 Å². The minimum absolute atomic E-state index is 0.00483. The van der Waals surface area contributed by atoms with Gasteiger partial charge in [0.1, 0.15) is 0 Å². The van der Waals surface area contributed by atoms with E-state index < -0.39 is 5.91 Å². The van der Waals surface area contributed by atoms with E-state index >= 15 is 0 Å². The van der Waals surface area contributed by atoms with Gasteiger partial charge in [-0.1, -0.05) is 40.7 Å². The number of nitrogens with one attached hydrogen (secondary N) is 2. The van der Waals surface area contributed by atoms with E-state index in [1.54, 1.807) is 7.11 Å². The Morgan fingerprint density at radius 2 is 1.87 bits per heavy atom. The van der Waals surface area contributed by atoms with Gasteiger partial charge in [-0.2, -0.15) is 0 Å².